The number of hydrogen-bond acceptors (Lipinski definition) is 3. The summed E-state index contributed by atoms with van der Waals surface area (Å²) in [7, 11) is 0. The number of carbonyl (C=O) groups excluding carboxylic acids is 2. The molecule has 0 aliphatic carbocycles. The standard InChI is InChI=1S/C19H17ClFN3O2/c1-19(2)23-17(12-3-5-13(20)6-4-12)18(26)24(19)11-16(25)22-15-9-7-14(21)8-10-15/h3-10H,11H2,1-2H3,(H,22,25). The number of nitrogens with zero attached hydrogens (tertiary/aromatic N) is 2. The number of halogens is 2. The Hall–Kier alpha value is -2.73. The zero-order valence-corrected chi connectivity index (χ0v) is 15.0. The lowest BCUT2D eigenvalue weighted by Crippen LogP contribution is -2.46. The van der Waals surface area contributed by atoms with Crippen molar-refractivity contribution in [3.63, 3.8) is 0 Å². The Bertz CT molecular complexity index is 877. The van der Waals surface area contributed by atoms with Crippen molar-refractivity contribution < 1.29 is 14.0 Å². The molecule has 0 saturated carbocycles. The number of aliphatic imine (C=N–C) groups is 1. The van der Waals surface area contributed by atoms with E-state index in [4.69, 9.17) is 11.6 Å². The zero-order chi connectivity index (χ0) is 18.9. The van der Waals surface area contributed by atoms with E-state index in [9.17, 15) is 14.0 Å². The third-order valence-electron chi connectivity index (χ3n) is 4.04. The first kappa shape index (κ1) is 18.1. The fourth-order valence-electron chi connectivity index (χ4n) is 2.70. The van der Waals surface area contributed by atoms with Crippen LogP contribution in [0.2, 0.25) is 5.02 Å². The first-order valence-electron chi connectivity index (χ1n) is 7.99. The van der Waals surface area contributed by atoms with Crippen LogP contribution in [-0.4, -0.2) is 34.6 Å². The molecule has 1 N–H and O–H groups in total. The lowest BCUT2D eigenvalue weighted by atomic mass is 10.1. The lowest BCUT2D eigenvalue weighted by Gasteiger charge is -2.28. The van der Waals surface area contributed by atoms with Crippen molar-refractivity contribution >= 4 is 34.8 Å². The molecule has 0 atom stereocenters. The van der Waals surface area contributed by atoms with Gasteiger partial charge in [-0.25, -0.2) is 4.39 Å². The van der Waals surface area contributed by atoms with Gasteiger partial charge in [0.25, 0.3) is 5.91 Å². The fraction of sp³-hybridized carbons (Fsp3) is 0.211. The van der Waals surface area contributed by atoms with Crippen LogP contribution in [0.4, 0.5) is 10.1 Å². The quantitative estimate of drug-likeness (QED) is 0.891. The molecule has 134 valence electrons. The topological polar surface area (TPSA) is 61.8 Å². The highest BCUT2D eigenvalue weighted by atomic mass is 35.5. The molecule has 0 unspecified atom stereocenters. The zero-order valence-electron chi connectivity index (χ0n) is 14.3. The summed E-state index contributed by atoms with van der Waals surface area (Å²) in [4.78, 5) is 31.0. The molecule has 2 amide bonds. The molecule has 0 aromatic heterocycles. The third kappa shape index (κ3) is 3.75. The largest absolute Gasteiger partial charge is 0.325 e. The Labute approximate surface area is 155 Å². The van der Waals surface area contributed by atoms with Crippen molar-refractivity contribution in [3.05, 3.63) is 64.9 Å². The van der Waals surface area contributed by atoms with Gasteiger partial charge in [-0.2, -0.15) is 0 Å². The van der Waals surface area contributed by atoms with Crippen LogP contribution in [0.3, 0.4) is 0 Å². The van der Waals surface area contributed by atoms with Gasteiger partial charge in [0, 0.05) is 16.3 Å². The maximum absolute atomic E-state index is 12.9. The lowest BCUT2D eigenvalue weighted by molar-refractivity contribution is -0.131. The minimum Gasteiger partial charge on any atom is -0.325 e. The van der Waals surface area contributed by atoms with Crippen molar-refractivity contribution in [1.29, 1.82) is 0 Å². The second-order valence-corrected chi connectivity index (χ2v) is 6.84. The summed E-state index contributed by atoms with van der Waals surface area (Å²) in [5.74, 6) is -1.10. The highest BCUT2D eigenvalue weighted by molar-refractivity contribution is 6.47. The SMILES string of the molecule is CC1(C)N=C(c2ccc(Cl)cc2)C(=O)N1CC(=O)Nc1ccc(F)cc1. The molecule has 1 aliphatic rings. The first-order valence-corrected chi connectivity index (χ1v) is 8.37. The van der Waals surface area contributed by atoms with Crippen LogP contribution in [0.15, 0.2) is 53.5 Å². The molecule has 3 rings (SSSR count). The Balaban J connectivity index is 1.74. The van der Waals surface area contributed by atoms with E-state index >= 15 is 0 Å². The van der Waals surface area contributed by atoms with Crippen molar-refractivity contribution in [2.45, 2.75) is 19.5 Å². The average Bonchev–Trinajstić information content (AvgIpc) is 2.81. The maximum Gasteiger partial charge on any atom is 0.275 e. The maximum atomic E-state index is 12.9. The molecule has 0 spiro atoms. The van der Waals surface area contributed by atoms with Gasteiger partial charge in [0.2, 0.25) is 5.91 Å². The molecule has 0 fully saturated rings. The van der Waals surface area contributed by atoms with E-state index in [0.717, 1.165) is 0 Å². The summed E-state index contributed by atoms with van der Waals surface area (Å²) in [6.07, 6.45) is 0. The van der Waals surface area contributed by atoms with Crippen LogP contribution in [0, 0.1) is 5.82 Å². The molecular weight excluding hydrogens is 357 g/mol. The van der Waals surface area contributed by atoms with Crippen LogP contribution >= 0.6 is 11.6 Å². The molecular formula is C19H17ClFN3O2. The summed E-state index contributed by atoms with van der Waals surface area (Å²) >= 11 is 5.88. The number of carbonyl (C=O) groups is 2. The van der Waals surface area contributed by atoms with E-state index in [1.54, 1.807) is 38.1 Å². The van der Waals surface area contributed by atoms with E-state index in [-0.39, 0.29) is 24.2 Å². The van der Waals surface area contributed by atoms with Gasteiger partial charge in [0.1, 0.15) is 23.7 Å². The van der Waals surface area contributed by atoms with Crippen LogP contribution in [0.1, 0.15) is 19.4 Å². The second kappa shape index (κ2) is 6.88. The van der Waals surface area contributed by atoms with Gasteiger partial charge in [-0.15, -0.1) is 0 Å². The molecule has 0 bridgehead atoms. The normalized spacial score (nSPS) is 15.8. The van der Waals surface area contributed by atoms with Crippen molar-refractivity contribution in [1.82, 2.24) is 4.90 Å². The van der Waals surface area contributed by atoms with Crippen molar-refractivity contribution in [2.75, 3.05) is 11.9 Å². The number of nitrogens with one attached hydrogen (secondary N) is 1. The van der Waals surface area contributed by atoms with Crippen molar-refractivity contribution in [3.8, 4) is 0 Å². The molecule has 7 heteroatoms. The third-order valence-corrected chi connectivity index (χ3v) is 4.29. The van der Waals surface area contributed by atoms with Gasteiger partial charge in [-0.05, 0) is 50.2 Å². The smallest absolute Gasteiger partial charge is 0.275 e. The Kier molecular flexibility index (Phi) is 4.78. The molecule has 2 aromatic rings. The predicted octanol–water partition coefficient (Wildman–Crippen LogP) is 3.49. The molecule has 0 saturated heterocycles. The second-order valence-electron chi connectivity index (χ2n) is 6.41. The highest BCUT2D eigenvalue weighted by Crippen LogP contribution is 2.26. The number of rotatable bonds is 4. The number of benzene rings is 2. The van der Waals surface area contributed by atoms with E-state index in [1.165, 1.54) is 29.2 Å². The van der Waals surface area contributed by atoms with Crippen LogP contribution in [0.5, 0.6) is 0 Å². The molecule has 0 radical (unpaired) electrons. The minimum atomic E-state index is -0.855. The first-order chi connectivity index (χ1) is 12.3. The highest BCUT2D eigenvalue weighted by Gasteiger charge is 2.41. The van der Waals surface area contributed by atoms with Gasteiger partial charge in [0.15, 0.2) is 0 Å². The van der Waals surface area contributed by atoms with Crippen LogP contribution in [0.25, 0.3) is 0 Å². The summed E-state index contributed by atoms with van der Waals surface area (Å²) in [6.45, 7) is 3.36. The summed E-state index contributed by atoms with van der Waals surface area (Å²) in [5, 5.41) is 3.21. The van der Waals surface area contributed by atoms with Crippen LogP contribution < -0.4 is 5.32 Å². The predicted molar refractivity (Wildman–Crippen MR) is 98.8 cm³/mol. The summed E-state index contributed by atoms with van der Waals surface area (Å²) in [6, 6.07) is 12.2. The number of hydrogen-bond donors (Lipinski definition) is 1. The Morgan fingerprint density at radius 1 is 1.15 bits per heavy atom. The molecule has 1 heterocycles. The van der Waals surface area contributed by atoms with E-state index in [0.29, 0.717) is 22.0 Å². The number of amides is 2. The molecule has 2 aromatic carbocycles. The molecule has 5 nitrogen and oxygen atoms in total. The van der Waals surface area contributed by atoms with Gasteiger partial charge in [0.05, 0.1) is 0 Å². The minimum absolute atomic E-state index is 0.163. The average molecular weight is 374 g/mol. The van der Waals surface area contributed by atoms with Crippen molar-refractivity contribution in [2.24, 2.45) is 4.99 Å². The molecule has 1 aliphatic heterocycles. The Morgan fingerprint density at radius 2 is 1.77 bits per heavy atom. The van der Waals surface area contributed by atoms with E-state index in [1.807, 2.05) is 0 Å². The van der Waals surface area contributed by atoms with Gasteiger partial charge >= 0.3 is 0 Å². The van der Waals surface area contributed by atoms with Gasteiger partial charge in [-0.3, -0.25) is 14.6 Å². The van der Waals surface area contributed by atoms with Gasteiger partial charge in [-0.1, -0.05) is 23.7 Å². The monoisotopic (exact) mass is 373 g/mol. The van der Waals surface area contributed by atoms with E-state index in [2.05, 4.69) is 10.3 Å². The fourth-order valence-corrected chi connectivity index (χ4v) is 2.82. The van der Waals surface area contributed by atoms with E-state index < -0.39 is 5.66 Å². The summed E-state index contributed by atoms with van der Waals surface area (Å²) in [5.41, 5.74) is 0.543. The summed E-state index contributed by atoms with van der Waals surface area (Å²) < 4.78 is 12.9. The van der Waals surface area contributed by atoms with Crippen LogP contribution in [-0.2, 0) is 9.59 Å². The molecule has 26 heavy (non-hydrogen) atoms. The Morgan fingerprint density at radius 3 is 2.38 bits per heavy atom. The van der Waals surface area contributed by atoms with Gasteiger partial charge < -0.3 is 10.2 Å². The number of anilines is 1.